The molecule has 1 aliphatic rings. The Hall–Kier alpha value is -3.08. The highest BCUT2D eigenvalue weighted by Crippen LogP contribution is 2.21. The molecule has 2 N–H and O–H groups in total. The summed E-state index contributed by atoms with van der Waals surface area (Å²) in [6.07, 6.45) is 4.14. The van der Waals surface area contributed by atoms with Crippen molar-refractivity contribution in [3.05, 3.63) is 77.9 Å². The number of nitrogens with zero attached hydrogens (tertiary/aromatic N) is 2. The summed E-state index contributed by atoms with van der Waals surface area (Å²) in [5.74, 6) is 0.886. The van der Waals surface area contributed by atoms with Gasteiger partial charge in [0.1, 0.15) is 0 Å². The van der Waals surface area contributed by atoms with Gasteiger partial charge in [-0.2, -0.15) is 0 Å². The lowest BCUT2D eigenvalue weighted by atomic mass is 10.00. The third-order valence-corrected chi connectivity index (χ3v) is 4.82. The molecule has 1 amide bonds. The fraction of sp³-hybridized carbons (Fsp3) is 0.304. The molecule has 5 heteroatoms. The second kappa shape index (κ2) is 10.3. The fourth-order valence-electron chi connectivity index (χ4n) is 3.29. The Morgan fingerprint density at radius 2 is 1.68 bits per heavy atom. The topological polar surface area (TPSA) is 56.7 Å². The first-order valence-corrected chi connectivity index (χ1v) is 9.81. The number of hydrogen-bond donors (Lipinski definition) is 2. The van der Waals surface area contributed by atoms with E-state index in [9.17, 15) is 4.79 Å². The average Bonchev–Trinajstić information content (AvgIpc) is 2.77. The van der Waals surface area contributed by atoms with Crippen LogP contribution in [0.25, 0.3) is 5.57 Å². The molecule has 0 aliphatic carbocycles. The molecule has 0 spiro atoms. The van der Waals surface area contributed by atoms with Crippen LogP contribution in [0.15, 0.2) is 71.7 Å². The molecule has 0 aromatic heterocycles. The SMILES string of the molecule is CN=C(NCCCNC(=O)c1ccccc1)N1CC=C(c2ccccc2)CC1. The highest BCUT2D eigenvalue weighted by atomic mass is 16.1. The van der Waals surface area contributed by atoms with E-state index >= 15 is 0 Å². The van der Waals surface area contributed by atoms with Crippen molar-refractivity contribution in [2.24, 2.45) is 4.99 Å². The summed E-state index contributed by atoms with van der Waals surface area (Å²) in [5, 5.41) is 6.35. The normalized spacial score (nSPS) is 14.4. The second-order valence-corrected chi connectivity index (χ2v) is 6.74. The van der Waals surface area contributed by atoms with Crippen molar-refractivity contribution in [3.63, 3.8) is 0 Å². The Labute approximate surface area is 167 Å². The third kappa shape index (κ3) is 5.46. The van der Waals surface area contributed by atoms with Crippen LogP contribution in [0.2, 0.25) is 0 Å². The molecule has 3 rings (SSSR count). The van der Waals surface area contributed by atoms with Gasteiger partial charge in [-0.25, -0.2) is 0 Å². The summed E-state index contributed by atoms with van der Waals surface area (Å²) >= 11 is 0. The molecule has 0 atom stereocenters. The van der Waals surface area contributed by atoms with Gasteiger partial charge in [0.25, 0.3) is 5.91 Å². The van der Waals surface area contributed by atoms with Crippen molar-refractivity contribution in [1.82, 2.24) is 15.5 Å². The van der Waals surface area contributed by atoms with Crippen LogP contribution < -0.4 is 10.6 Å². The Balaban J connectivity index is 1.39. The number of hydrogen-bond acceptors (Lipinski definition) is 2. The summed E-state index contributed by atoms with van der Waals surface area (Å²) in [6, 6.07) is 19.8. The van der Waals surface area contributed by atoms with E-state index in [0.29, 0.717) is 12.1 Å². The van der Waals surface area contributed by atoms with Gasteiger partial charge < -0.3 is 15.5 Å². The summed E-state index contributed by atoms with van der Waals surface area (Å²) in [5.41, 5.74) is 3.40. The second-order valence-electron chi connectivity index (χ2n) is 6.74. The lowest BCUT2D eigenvalue weighted by molar-refractivity contribution is 0.0953. The number of rotatable bonds is 6. The number of amides is 1. The minimum atomic E-state index is -0.0282. The maximum Gasteiger partial charge on any atom is 0.251 e. The number of aliphatic imine (C=N–C) groups is 1. The molecule has 146 valence electrons. The maximum atomic E-state index is 12.0. The standard InChI is InChI=1S/C23H28N4O/c1-24-23(26-16-8-15-25-22(28)21-11-6-3-7-12-21)27-17-13-20(14-18-27)19-9-4-2-5-10-19/h2-7,9-13H,8,14-18H2,1H3,(H,24,26)(H,25,28). The van der Waals surface area contributed by atoms with Crippen molar-refractivity contribution in [2.75, 3.05) is 33.2 Å². The largest absolute Gasteiger partial charge is 0.356 e. The van der Waals surface area contributed by atoms with Crippen LogP contribution in [0.1, 0.15) is 28.8 Å². The lowest BCUT2D eigenvalue weighted by Crippen LogP contribution is -2.44. The van der Waals surface area contributed by atoms with Crippen molar-refractivity contribution in [3.8, 4) is 0 Å². The number of guanidine groups is 1. The maximum absolute atomic E-state index is 12.0. The van der Waals surface area contributed by atoms with E-state index in [4.69, 9.17) is 0 Å². The molecule has 0 saturated heterocycles. The van der Waals surface area contributed by atoms with E-state index in [0.717, 1.165) is 38.4 Å². The van der Waals surface area contributed by atoms with Crippen molar-refractivity contribution in [1.29, 1.82) is 0 Å². The zero-order valence-electron chi connectivity index (χ0n) is 16.4. The first kappa shape index (κ1) is 19.7. The van der Waals surface area contributed by atoms with Gasteiger partial charge >= 0.3 is 0 Å². The quantitative estimate of drug-likeness (QED) is 0.463. The van der Waals surface area contributed by atoms with Crippen LogP contribution in [0, 0.1) is 0 Å². The predicted molar refractivity (Wildman–Crippen MR) is 115 cm³/mol. The van der Waals surface area contributed by atoms with E-state index in [1.807, 2.05) is 43.4 Å². The van der Waals surface area contributed by atoms with Crippen LogP contribution in [0.3, 0.4) is 0 Å². The van der Waals surface area contributed by atoms with Gasteiger partial charge in [0.2, 0.25) is 0 Å². The number of carbonyl (C=O) groups is 1. The molecule has 1 aliphatic heterocycles. The van der Waals surface area contributed by atoms with Gasteiger partial charge in [0.05, 0.1) is 0 Å². The Morgan fingerprint density at radius 3 is 2.32 bits per heavy atom. The zero-order chi connectivity index (χ0) is 19.6. The molecular weight excluding hydrogens is 348 g/mol. The van der Waals surface area contributed by atoms with E-state index in [-0.39, 0.29) is 5.91 Å². The molecule has 2 aromatic rings. The van der Waals surface area contributed by atoms with E-state index < -0.39 is 0 Å². The minimum Gasteiger partial charge on any atom is -0.356 e. The molecule has 0 radical (unpaired) electrons. The summed E-state index contributed by atoms with van der Waals surface area (Å²) in [4.78, 5) is 18.7. The van der Waals surface area contributed by atoms with Crippen LogP contribution in [0.4, 0.5) is 0 Å². The van der Waals surface area contributed by atoms with Crippen LogP contribution in [-0.4, -0.2) is 50.0 Å². The molecule has 0 unspecified atom stereocenters. The van der Waals surface area contributed by atoms with E-state index in [1.165, 1.54) is 11.1 Å². The van der Waals surface area contributed by atoms with Crippen LogP contribution in [-0.2, 0) is 0 Å². The molecule has 5 nitrogen and oxygen atoms in total. The number of benzene rings is 2. The average molecular weight is 377 g/mol. The molecule has 0 bridgehead atoms. The zero-order valence-corrected chi connectivity index (χ0v) is 16.4. The predicted octanol–water partition coefficient (Wildman–Crippen LogP) is 3.17. The third-order valence-electron chi connectivity index (χ3n) is 4.82. The van der Waals surface area contributed by atoms with Crippen molar-refractivity contribution in [2.45, 2.75) is 12.8 Å². The van der Waals surface area contributed by atoms with Gasteiger partial charge in [-0.1, -0.05) is 54.6 Å². The molecular formula is C23H28N4O. The van der Waals surface area contributed by atoms with Crippen molar-refractivity contribution >= 4 is 17.4 Å². The first-order valence-electron chi connectivity index (χ1n) is 9.81. The smallest absolute Gasteiger partial charge is 0.251 e. The minimum absolute atomic E-state index is 0.0282. The summed E-state index contributed by atoms with van der Waals surface area (Å²) in [7, 11) is 1.82. The molecule has 0 fully saturated rings. The molecule has 2 aromatic carbocycles. The van der Waals surface area contributed by atoms with Gasteiger partial charge in [0, 0.05) is 38.8 Å². The molecule has 1 heterocycles. The monoisotopic (exact) mass is 376 g/mol. The van der Waals surface area contributed by atoms with Crippen LogP contribution in [0.5, 0.6) is 0 Å². The highest BCUT2D eigenvalue weighted by Gasteiger charge is 2.15. The summed E-state index contributed by atoms with van der Waals surface area (Å²) in [6.45, 7) is 3.21. The fourth-order valence-corrected chi connectivity index (χ4v) is 3.29. The van der Waals surface area contributed by atoms with Gasteiger partial charge in [-0.3, -0.25) is 9.79 Å². The van der Waals surface area contributed by atoms with E-state index in [1.54, 1.807) is 0 Å². The molecule has 0 saturated carbocycles. The Kier molecular flexibility index (Phi) is 7.24. The van der Waals surface area contributed by atoms with Gasteiger partial charge in [0.15, 0.2) is 5.96 Å². The van der Waals surface area contributed by atoms with Gasteiger partial charge in [-0.05, 0) is 36.1 Å². The number of carbonyl (C=O) groups excluding carboxylic acids is 1. The van der Waals surface area contributed by atoms with Gasteiger partial charge in [-0.15, -0.1) is 0 Å². The number of nitrogens with one attached hydrogen (secondary N) is 2. The first-order chi connectivity index (χ1) is 13.8. The van der Waals surface area contributed by atoms with Crippen molar-refractivity contribution < 1.29 is 4.79 Å². The summed E-state index contributed by atoms with van der Waals surface area (Å²) < 4.78 is 0. The molecule has 28 heavy (non-hydrogen) atoms. The Morgan fingerprint density at radius 1 is 1.00 bits per heavy atom. The Bertz CT molecular complexity index is 815. The van der Waals surface area contributed by atoms with E-state index in [2.05, 4.69) is 50.9 Å². The lowest BCUT2D eigenvalue weighted by Gasteiger charge is -2.29. The highest BCUT2D eigenvalue weighted by molar-refractivity contribution is 5.94. The van der Waals surface area contributed by atoms with Crippen LogP contribution >= 0.6 is 0 Å².